The summed E-state index contributed by atoms with van der Waals surface area (Å²) in [5.41, 5.74) is 0.513. The van der Waals surface area contributed by atoms with Crippen molar-refractivity contribution in [2.45, 2.75) is 13.3 Å². The molecule has 1 aliphatic heterocycles. The predicted octanol–water partition coefficient (Wildman–Crippen LogP) is 1.33. The number of nitrogens with zero attached hydrogens (tertiary/aromatic N) is 2. The minimum absolute atomic E-state index is 0.139. The van der Waals surface area contributed by atoms with Crippen molar-refractivity contribution in [3.05, 3.63) is 29.8 Å². The summed E-state index contributed by atoms with van der Waals surface area (Å²) < 4.78 is 5.45. The standard InChI is InChI=1S/C14H14N2O3/c1-10-7-13(17)16(14(10)18)5-6-19-12-4-2-3-11(8-12)9-15/h2-4,8,10H,5-7H2,1H3/t10-/m1/s1. The van der Waals surface area contributed by atoms with Gasteiger partial charge in [-0.25, -0.2) is 0 Å². The van der Waals surface area contributed by atoms with Crippen LogP contribution in [0.25, 0.3) is 0 Å². The van der Waals surface area contributed by atoms with Gasteiger partial charge in [0.05, 0.1) is 18.2 Å². The molecule has 0 aliphatic carbocycles. The molecule has 0 saturated carbocycles. The Balaban J connectivity index is 1.88. The van der Waals surface area contributed by atoms with Crippen LogP contribution in [0.5, 0.6) is 5.75 Å². The molecule has 0 spiro atoms. The zero-order valence-corrected chi connectivity index (χ0v) is 10.6. The van der Waals surface area contributed by atoms with E-state index in [1.54, 1.807) is 31.2 Å². The van der Waals surface area contributed by atoms with Crippen molar-refractivity contribution in [2.24, 2.45) is 5.92 Å². The lowest BCUT2D eigenvalue weighted by Gasteiger charge is -2.14. The van der Waals surface area contributed by atoms with Crippen molar-refractivity contribution in [3.63, 3.8) is 0 Å². The minimum Gasteiger partial charge on any atom is -0.492 e. The Hall–Kier alpha value is -2.35. The fourth-order valence-electron chi connectivity index (χ4n) is 1.99. The van der Waals surface area contributed by atoms with E-state index in [1.165, 1.54) is 4.90 Å². The maximum absolute atomic E-state index is 11.7. The van der Waals surface area contributed by atoms with Gasteiger partial charge >= 0.3 is 0 Å². The van der Waals surface area contributed by atoms with Gasteiger partial charge in [-0.3, -0.25) is 14.5 Å². The molecule has 1 aliphatic rings. The lowest BCUT2D eigenvalue weighted by molar-refractivity contribution is -0.139. The summed E-state index contributed by atoms with van der Waals surface area (Å²) in [5, 5.41) is 8.76. The molecule has 0 aromatic heterocycles. The third kappa shape index (κ3) is 2.91. The lowest BCUT2D eigenvalue weighted by atomic mass is 10.1. The third-order valence-corrected chi connectivity index (χ3v) is 3.02. The number of rotatable bonds is 4. The van der Waals surface area contributed by atoms with Gasteiger partial charge in [0, 0.05) is 12.3 Å². The van der Waals surface area contributed by atoms with Crippen molar-refractivity contribution in [1.82, 2.24) is 4.90 Å². The molecule has 98 valence electrons. The summed E-state index contributed by atoms with van der Waals surface area (Å²) in [6.07, 6.45) is 0.281. The Bertz CT molecular complexity index is 548. The smallest absolute Gasteiger partial charge is 0.232 e. The van der Waals surface area contributed by atoms with Gasteiger partial charge in [0.15, 0.2) is 0 Å². The highest BCUT2D eigenvalue weighted by molar-refractivity contribution is 6.03. The second-order valence-corrected chi connectivity index (χ2v) is 4.48. The zero-order chi connectivity index (χ0) is 13.8. The topological polar surface area (TPSA) is 70.4 Å². The monoisotopic (exact) mass is 258 g/mol. The van der Waals surface area contributed by atoms with Crippen LogP contribution in [0.3, 0.4) is 0 Å². The molecule has 1 atom stereocenters. The molecule has 1 fully saturated rings. The summed E-state index contributed by atoms with van der Waals surface area (Å²) in [7, 11) is 0. The van der Waals surface area contributed by atoms with Crippen LogP contribution >= 0.6 is 0 Å². The van der Waals surface area contributed by atoms with E-state index in [9.17, 15) is 9.59 Å². The Labute approximate surface area is 111 Å². The van der Waals surface area contributed by atoms with Crippen molar-refractivity contribution in [3.8, 4) is 11.8 Å². The van der Waals surface area contributed by atoms with Crippen molar-refractivity contribution in [2.75, 3.05) is 13.2 Å². The first-order valence-electron chi connectivity index (χ1n) is 6.09. The normalized spacial score (nSPS) is 18.5. The van der Waals surface area contributed by atoms with Crippen LogP contribution in [0.4, 0.5) is 0 Å². The quantitative estimate of drug-likeness (QED) is 0.764. The van der Waals surface area contributed by atoms with Gasteiger partial charge in [0.25, 0.3) is 0 Å². The molecule has 5 heteroatoms. The van der Waals surface area contributed by atoms with Gasteiger partial charge in [0.1, 0.15) is 12.4 Å². The van der Waals surface area contributed by atoms with E-state index in [4.69, 9.17) is 10.00 Å². The van der Waals surface area contributed by atoms with E-state index in [0.29, 0.717) is 11.3 Å². The average Bonchev–Trinajstić information content (AvgIpc) is 2.65. The highest BCUT2D eigenvalue weighted by Crippen LogP contribution is 2.18. The molecule has 0 bridgehead atoms. The van der Waals surface area contributed by atoms with E-state index in [-0.39, 0.29) is 37.3 Å². The molecular weight excluding hydrogens is 244 g/mol. The summed E-state index contributed by atoms with van der Waals surface area (Å²) >= 11 is 0. The van der Waals surface area contributed by atoms with Crippen LogP contribution in [-0.4, -0.2) is 29.9 Å². The lowest BCUT2D eigenvalue weighted by Crippen LogP contribution is -2.34. The molecule has 2 amide bonds. The molecule has 1 aromatic carbocycles. The largest absolute Gasteiger partial charge is 0.492 e. The molecular formula is C14H14N2O3. The first kappa shape index (κ1) is 13.1. The first-order valence-corrected chi connectivity index (χ1v) is 6.09. The fraction of sp³-hybridized carbons (Fsp3) is 0.357. The van der Waals surface area contributed by atoms with Crippen LogP contribution in [0.15, 0.2) is 24.3 Å². The van der Waals surface area contributed by atoms with E-state index < -0.39 is 0 Å². The molecule has 1 saturated heterocycles. The Morgan fingerprint density at radius 1 is 1.47 bits per heavy atom. The molecule has 19 heavy (non-hydrogen) atoms. The van der Waals surface area contributed by atoms with Crippen LogP contribution in [0, 0.1) is 17.2 Å². The van der Waals surface area contributed by atoms with E-state index >= 15 is 0 Å². The average molecular weight is 258 g/mol. The van der Waals surface area contributed by atoms with Gasteiger partial charge in [-0.2, -0.15) is 5.26 Å². The highest BCUT2D eigenvalue weighted by atomic mass is 16.5. The van der Waals surface area contributed by atoms with Crippen molar-refractivity contribution in [1.29, 1.82) is 5.26 Å². The minimum atomic E-state index is -0.227. The Kier molecular flexibility index (Phi) is 3.81. The van der Waals surface area contributed by atoms with Crippen LogP contribution < -0.4 is 4.74 Å². The number of hydrogen-bond donors (Lipinski definition) is 0. The Morgan fingerprint density at radius 3 is 2.89 bits per heavy atom. The van der Waals surface area contributed by atoms with Crippen molar-refractivity contribution >= 4 is 11.8 Å². The third-order valence-electron chi connectivity index (χ3n) is 3.02. The van der Waals surface area contributed by atoms with Gasteiger partial charge in [-0.05, 0) is 18.2 Å². The van der Waals surface area contributed by atoms with Crippen LogP contribution in [0.1, 0.15) is 18.9 Å². The molecule has 0 unspecified atom stereocenters. The van der Waals surface area contributed by atoms with Gasteiger partial charge in [-0.1, -0.05) is 13.0 Å². The highest BCUT2D eigenvalue weighted by Gasteiger charge is 2.35. The molecule has 0 radical (unpaired) electrons. The van der Waals surface area contributed by atoms with Crippen LogP contribution in [-0.2, 0) is 9.59 Å². The molecule has 1 heterocycles. The molecule has 1 aromatic rings. The molecule has 5 nitrogen and oxygen atoms in total. The molecule has 2 rings (SSSR count). The Morgan fingerprint density at radius 2 is 2.26 bits per heavy atom. The van der Waals surface area contributed by atoms with Crippen molar-refractivity contribution < 1.29 is 14.3 Å². The number of likely N-dealkylation sites (tertiary alicyclic amines) is 1. The second-order valence-electron chi connectivity index (χ2n) is 4.48. The summed E-state index contributed by atoms with van der Waals surface area (Å²) in [5.74, 6) is 0.0480. The van der Waals surface area contributed by atoms with E-state index in [2.05, 4.69) is 0 Å². The number of nitriles is 1. The fourth-order valence-corrected chi connectivity index (χ4v) is 1.99. The first-order chi connectivity index (χ1) is 9.11. The SMILES string of the molecule is C[C@@H]1CC(=O)N(CCOc2cccc(C#N)c2)C1=O. The predicted molar refractivity (Wildman–Crippen MR) is 67.2 cm³/mol. The number of carbonyl (C=O) groups excluding carboxylic acids is 2. The second kappa shape index (κ2) is 5.53. The number of hydrogen-bond acceptors (Lipinski definition) is 4. The summed E-state index contributed by atoms with van der Waals surface area (Å²) in [6, 6.07) is 8.78. The van der Waals surface area contributed by atoms with Gasteiger partial charge in [0.2, 0.25) is 11.8 Å². The number of imide groups is 1. The zero-order valence-electron chi connectivity index (χ0n) is 10.6. The van der Waals surface area contributed by atoms with Crippen LogP contribution in [0.2, 0.25) is 0 Å². The molecule has 0 N–H and O–H groups in total. The number of benzene rings is 1. The van der Waals surface area contributed by atoms with Gasteiger partial charge in [-0.15, -0.1) is 0 Å². The van der Waals surface area contributed by atoms with E-state index in [0.717, 1.165) is 0 Å². The number of ether oxygens (including phenoxy) is 1. The number of carbonyl (C=O) groups is 2. The number of amides is 2. The van der Waals surface area contributed by atoms with Gasteiger partial charge < -0.3 is 4.74 Å². The summed E-state index contributed by atoms with van der Waals surface area (Å²) in [6.45, 7) is 2.23. The maximum Gasteiger partial charge on any atom is 0.232 e. The van der Waals surface area contributed by atoms with E-state index in [1.807, 2.05) is 6.07 Å². The summed E-state index contributed by atoms with van der Waals surface area (Å²) in [4.78, 5) is 24.4. The maximum atomic E-state index is 11.7.